The number of piperidine rings is 1. The van der Waals surface area contributed by atoms with Gasteiger partial charge in [0.1, 0.15) is 17.6 Å². The van der Waals surface area contributed by atoms with Crippen LogP contribution in [0, 0.1) is 11.7 Å². The Balaban J connectivity index is 1.62. The number of aromatic amines is 1. The molecule has 0 saturated carbocycles. The lowest BCUT2D eigenvalue weighted by molar-refractivity contribution is 0.141. The number of halogens is 1. The number of aromatic nitrogens is 5. The van der Waals surface area contributed by atoms with Crippen LogP contribution in [0.15, 0.2) is 53.3 Å². The number of hydrogen-bond donors (Lipinski definition) is 1. The van der Waals surface area contributed by atoms with Crippen molar-refractivity contribution in [2.75, 3.05) is 20.2 Å². The molecule has 0 amide bonds. The van der Waals surface area contributed by atoms with Crippen LogP contribution in [-0.2, 0) is 6.54 Å². The first-order valence-corrected chi connectivity index (χ1v) is 11.5. The van der Waals surface area contributed by atoms with Gasteiger partial charge in [0.2, 0.25) is 0 Å². The summed E-state index contributed by atoms with van der Waals surface area (Å²) in [5.74, 6) is 1.51. The summed E-state index contributed by atoms with van der Waals surface area (Å²) < 4.78 is 20.5. The smallest absolute Gasteiger partial charge is 0.253 e. The molecule has 1 aliphatic heterocycles. The molecular weight excluding hydrogens is 435 g/mol. The molecule has 1 fully saturated rings. The molecule has 34 heavy (non-hydrogen) atoms. The molecule has 5 rings (SSSR count). The Morgan fingerprint density at radius 2 is 2.03 bits per heavy atom. The summed E-state index contributed by atoms with van der Waals surface area (Å²) in [5, 5.41) is 13.4. The molecule has 2 aromatic heterocycles. The number of fused-ring (bicyclic) bond motifs is 1. The first-order valence-electron chi connectivity index (χ1n) is 11.5. The lowest BCUT2D eigenvalue weighted by atomic mass is 9.95. The highest BCUT2D eigenvalue weighted by Crippen LogP contribution is 2.31. The van der Waals surface area contributed by atoms with E-state index >= 15 is 0 Å². The lowest BCUT2D eigenvalue weighted by Crippen LogP contribution is -2.41. The lowest BCUT2D eigenvalue weighted by Gasteiger charge is -2.36. The number of ether oxygens (including phenoxy) is 1. The number of hydrogen-bond acceptors (Lipinski definition) is 6. The van der Waals surface area contributed by atoms with Crippen LogP contribution >= 0.6 is 0 Å². The number of tetrazole rings is 1. The molecule has 4 aromatic rings. The zero-order valence-electron chi connectivity index (χ0n) is 19.2. The van der Waals surface area contributed by atoms with E-state index in [4.69, 9.17) is 4.74 Å². The number of likely N-dealkylation sites (tertiary alicyclic amines) is 1. The van der Waals surface area contributed by atoms with Gasteiger partial charge >= 0.3 is 0 Å². The number of benzene rings is 2. The highest BCUT2D eigenvalue weighted by molar-refractivity contribution is 5.80. The number of pyridine rings is 1. The van der Waals surface area contributed by atoms with Crippen LogP contribution in [0.25, 0.3) is 10.9 Å². The van der Waals surface area contributed by atoms with Gasteiger partial charge in [0, 0.05) is 23.0 Å². The van der Waals surface area contributed by atoms with Gasteiger partial charge in [0.25, 0.3) is 5.56 Å². The SMILES string of the molecule is COc1ccc2[nH]c(=O)c(C(c3nnnn3Cc3ccc(F)cc3)N3CCCC(C)C3)cc2c1. The zero-order chi connectivity index (χ0) is 23.7. The highest BCUT2D eigenvalue weighted by Gasteiger charge is 2.32. The van der Waals surface area contributed by atoms with Crippen molar-refractivity contribution in [3.8, 4) is 5.75 Å². The van der Waals surface area contributed by atoms with Crippen LogP contribution in [0.2, 0.25) is 0 Å². The molecule has 1 saturated heterocycles. The van der Waals surface area contributed by atoms with Crippen molar-refractivity contribution in [3.63, 3.8) is 0 Å². The maximum Gasteiger partial charge on any atom is 0.253 e. The third kappa shape index (κ3) is 4.43. The fourth-order valence-electron chi connectivity index (χ4n) is 4.77. The molecule has 0 bridgehead atoms. The van der Waals surface area contributed by atoms with Gasteiger partial charge in [0.05, 0.1) is 13.7 Å². The van der Waals surface area contributed by atoms with E-state index in [1.54, 1.807) is 23.9 Å². The number of nitrogens with zero attached hydrogens (tertiary/aromatic N) is 5. The van der Waals surface area contributed by atoms with Crippen molar-refractivity contribution in [2.24, 2.45) is 5.92 Å². The van der Waals surface area contributed by atoms with Crippen molar-refractivity contribution in [3.05, 3.63) is 81.7 Å². The maximum atomic E-state index is 13.4. The molecule has 2 unspecified atom stereocenters. The van der Waals surface area contributed by atoms with E-state index in [0.29, 0.717) is 23.9 Å². The Bertz CT molecular complexity index is 1350. The van der Waals surface area contributed by atoms with Gasteiger partial charge in [-0.15, -0.1) is 5.10 Å². The Hall–Kier alpha value is -3.59. The third-order valence-electron chi connectivity index (χ3n) is 6.48. The van der Waals surface area contributed by atoms with Crippen LogP contribution in [0.4, 0.5) is 4.39 Å². The van der Waals surface area contributed by atoms with Gasteiger partial charge in [-0.2, -0.15) is 0 Å². The van der Waals surface area contributed by atoms with Crippen LogP contribution in [-0.4, -0.2) is 50.3 Å². The average Bonchev–Trinajstić information content (AvgIpc) is 3.28. The molecule has 0 spiro atoms. The van der Waals surface area contributed by atoms with Gasteiger partial charge in [0.15, 0.2) is 5.82 Å². The molecule has 176 valence electrons. The summed E-state index contributed by atoms with van der Waals surface area (Å²) >= 11 is 0. The van der Waals surface area contributed by atoms with Crippen LogP contribution < -0.4 is 10.3 Å². The number of nitrogens with one attached hydrogen (secondary N) is 1. The molecule has 9 heteroatoms. The fourth-order valence-corrected chi connectivity index (χ4v) is 4.77. The summed E-state index contributed by atoms with van der Waals surface area (Å²) in [6.07, 6.45) is 2.19. The Morgan fingerprint density at radius 3 is 2.79 bits per heavy atom. The first-order chi connectivity index (χ1) is 16.5. The molecule has 1 N–H and O–H groups in total. The molecule has 8 nitrogen and oxygen atoms in total. The molecule has 2 atom stereocenters. The second-order valence-corrected chi connectivity index (χ2v) is 8.97. The first kappa shape index (κ1) is 22.2. The maximum absolute atomic E-state index is 13.4. The van der Waals surface area contributed by atoms with Crippen LogP contribution in [0.3, 0.4) is 0 Å². The second-order valence-electron chi connectivity index (χ2n) is 8.97. The Labute approximate surface area is 196 Å². The van der Waals surface area contributed by atoms with E-state index in [1.807, 2.05) is 24.3 Å². The molecule has 2 aromatic carbocycles. The summed E-state index contributed by atoms with van der Waals surface area (Å²) in [5.41, 5.74) is 2.03. The van der Waals surface area contributed by atoms with E-state index in [9.17, 15) is 9.18 Å². The van der Waals surface area contributed by atoms with Crippen molar-refractivity contribution >= 4 is 10.9 Å². The van der Waals surface area contributed by atoms with Gasteiger partial charge in [-0.3, -0.25) is 9.69 Å². The zero-order valence-corrected chi connectivity index (χ0v) is 19.2. The number of methoxy groups -OCH3 is 1. The second kappa shape index (κ2) is 9.34. The van der Waals surface area contributed by atoms with Crippen molar-refractivity contribution in [1.82, 2.24) is 30.1 Å². The van der Waals surface area contributed by atoms with Gasteiger partial charge in [-0.1, -0.05) is 19.1 Å². The van der Waals surface area contributed by atoms with E-state index in [1.165, 1.54) is 12.1 Å². The quantitative estimate of drug-likeness (QED) is 0.472. The summed E-state index contributed by atoms with van der Waals surface area (Å²) in [6.45, 7) is 4.28. The van der Waals surface area contributed by atoms with E-state index < -0.39 is 6.04 Å². The topological polar surface area (TPSA) is 88.9 Å². The minimum atomic E-state index is -0.419. The van der Waals surface area contributed by atoms with Gasteiger partial charge in [-0.05, 0) is 77.7 Å². The van der Waals surface area contributed by atoms with Gasteiger partial charge in [-0.25, -0.2) is 9.07 Å². The van der Waals surface area contributed by atoms with E-state index in [2.05, 4.69) is 32.3 Å². The van der Waals surface area contributed by atoms with Crippen molar-refractivity contribution in [1.29, 1.82) is 0 Å². The minimum Gasteiger partial charge on any atom is -0.497 e. The molecular formula is C25H27FN6O2. The van der Waals surface area contributed by atoms with Crippen molar-refractivity contribution in [2.45, 2.75) is 32.4 Å². The van der Waals surface area contributed by atoms with E-state index in [0.717, 1.165) is 48.1 Å². The third-order valence-corrected chi connectivity index (χ3v) is 6.48. The predicted molar refractivity (Wildman–Crippen MR) is 126 cm³/mol. The molecule has 3 heterocycles. The highest BCUT2D eigenvalue weighted by atomic mass is 19.1. The molecule has 0 aliphatic carbocycles. The van der Waals surface area contributed by atoms with Crippen LogP contribution in [0.5, 0.6) is 5.75 Å². The van der Waals surface area contributed by atoms with Crippen LogP contribution in [0.1, 0.15) is 42.8 Å². The van der Waals surface area contributed by atoms with Gasteiger partial charge < -0.3 is 9.72 Å². The Morgan fingerprint density at radius 1 is 1.21 bits per heavy atom. The summed E-state index contributed by atoms with van der Waals surface area (Å²) in [4.78, 5) is 18.6. The van der Waals surface area contributed by atoms with E-state index in [-0.39, 0.29) is 11.4 Å². The standard InChI is InChI=1S/C25H27FN6O2/c1-16-4-3-11-31(14-16)23(21-13-18-12-20(34-2)9-10-22(18)27-25(21)33)24-28-29-30-32(24)15-17-5-7-19(26)8-6-17/h5-10,12-13,16,23H,3-4,11,14-15H2,1-2H3,(H,27,33). The molecule has 0 radical (unpaired) electrons. The monoisotopic (exact) mass is 462 g/mol. The number of rotatable bonds is 6. The average molecular weight is 463 g/mol. The number of H-pyrrole nitrogens is 1. The Kier molecular flexibility index (Phi) is 6.10. The minimum absolute atomic E-state index is 0.169. The molecule has 1 aliphatic rings. The van der Waals surface area contributed by atoms with Crippen molar-refractivity contribution < 1.29 is 9.13 Å². The summed E-state index contributed by atoms with van der Waals surface area (Å²) in [7, 11) is 1.62. The largest absolute Gasteiger partial charge is 0.497 e. The predicted octanol–water partition coefficient (Wildman–Crippen LogP) is 3.53. The fraction of sp³-hybridized carbons (Fsp3) is 0.360. The summed E-state index contributed by atoms with van der Waals surface area (Å²) in [6, 6.07) is 13.3. The normalized spacial score (nSPS) is 17.7.